The minimum Gasteiger partial charge on any atom is -0.309 e. The zero-order valence-corrected chi connectivity index (χ0v) is 51.1. The molecule has 0 fully saturated rings. The minimum absolute atomic E-state index is 0.0117. The van der Waals surface area contributed by atoms with E-state index in [-0.39, 0.29) is 16.7 Å². The van der Waals surface area contributed by atoms with E-state index in [1.165, 1.54) is 104 Å². The van der Waals surface area contributed by atoms with Crippen LogP contribution in [0.5, 0.6) is 0 Å². The molecule has 2 aromatic heterocycles. The maximum absolute atomic E-state index is 2.67. The molecule has 4 nitrogen and oxygen atoms in total. The van der Waals surface area contributed by atoms with Crippen molar-refractivity contribution in [3.8, 4) is 33.6 Å². The zero-order valence-electron chi connectivity index (χ0n) is 51.1. The molecule has 14 aromatic rings. The van der Waals surface area contributed by atoms with Gasteiger partial charge in [-0.15, -0.1) is 0 Å². The Morgan fingerprint density at radius 3 is 1.19 bits per heavy atom. The monoisotopic (exact) mass is 1140 g/mol. The van der Waals surface area contributed by atoms with Crippen molar-refractivity contribution in [3.05, 3.63) is 289 Å². The first-order valence-corrected chi connectivity index (χ1v) is 31.5. The van der Waals surface area contributed by atoms with Gasteiger partial charge in [-0.25, -0.2) is 0 Å². The number of para-hydroxylation sites is 4. The van der Waals surface area contributed by atoms with Gasteiger partial charge in [0, 0.05) is 76.9 Å². The first-order chi connectivity index (χ1) is 43.1. The number of fused-ring (bicyclic) bond motifs is 8. The molecule has 4 heteroatoms. The lowest BCUT2D eigenvalue weighted by Gasteiger charge is -2.36. The van der Waals surface area contributed by atoms with Crippen LogP contribution in [0.4, 0.5) is 34.1 Å². The Kier molecular flexibility index (Phi) is 13.6. The second-order valence-corrected chi connectivity index (χ2v) is 25.4. The molecule has 0 amide bonds. The average molecular weight is 1140 g/mol. The van der Waals surface area contributed by atoms with Gasteiger partial charge in [-0.05, 0) is 148 Å². The van der Waals surface area contributed by atoms with E-state index in [0.717, 1.165) is 53.4 Å². The summed E-state index contributed by atoms with van der Waals surface area (Å²) >= 11 is 0. The Hall–Kier alpha value is -10.2. The lowest BCUT2D eigenvalue weighted by Crippen LogP contribution is -2.40. The van der Waals surface area contributed by atoms with Crippen LogP contribution in [0.25, 0.3) is 100 Å². The third-order valence-electron chi connectivity index (χ3n) is 19.6. The van der Waals surface area contributed by atoms with Crippen molar-refractivity contribution in [2.24, 2.45) is 11.3 Å². The van der Waals surface area contributed by atoms with Crippen molar-refractivity contribution in [3.63, 3.8) is 0 Å². The Labute approximate surface area is 516 Å². The lowest BCUT2D eigenvalue weighted by atomic mass is 9.73. The van der Waals surface area contributed by atoms with Crippen LogP contribution in [0.15, 0.2) is 273 Å². The van der Waals surface area contributed by atoms with Crippen LogP contribution in [0.3, 0.4) is 0 Å². The SMILES string of the molecule is CCC(C)(C)c1ccc2c(N(c3ccc(-c4ccccc4)cc3)c3cccc(-n4c5ccccc5c5ccccc54)c3)c3c(c(N(c4ccc(-c5ccccc5)cc4)c4cccc(-n5c6ccccc6c6ccccc65)c4)c2c1)=CCC(C(C)(C)CC)C=3. The number of hydrogen-bond donors (Lipinski definition) is 0. The first kappa shape index (κ1) is 54.5. The van der Waals surface area contributed by atoms with Gasteiger partial charge in [0.05, 0.1) is 33.4 Å². The minimum atomic E-state index is -0.115. The van der Waals surface area contributed by atoms with Gasteiger partial charge in [0.1, 0.15) is 0 Å². The smallest absolute Gasteiger partial charge is 0.0616 e. The second-order valence-electron chi connectivity index (χ2n) is 25.4. The Morgan fingerprint density at radius 2 is 0.761 bits per heavy atom. The zero-order chi connectivity index (χ0) is 59.7. The van der Waals surface area contributed by atoms with Gasteiger partial charge in [-0.3, -0.25) is 0 Å². The third kappa shape index (κ3) is 9.29. The van der Waals surface area contributed by atoms with Crippen molar-refractivity contribution < 1.29 is 0 Å². The van der Waals surface area contributed by atoms with E-state index in [1.807, 2.05) is 0 Å². The molecule has 0 aliphatic heterocycles. The van der Waals surface area contributed by atoms with Crippen LogP contribution in [0, 0.1) is 11.3 Å². The van der Waals surface area contributed by atoms with E-state index >= 15 is 0 Å². The van der Waals surface area contributed by atoms with Crippen molar-refractivity contribution in [1.29, 1.82) is 0 Å². The lowest BCUT2D eigenvalue weighted by molar-refractivity contribution is 0.266. The number of rotatable bonds is 14. The van der Waals surface area contributed by atoms with Crippen molar-refractivity contribution in [2.75, 3.05) is 9.80 Å². The summed E-state index contributed by atoms with van der Waals surface area (Å²) in [5, 5.41) is 9.83. The highest BCUT2D eigenvalue weighted by Gasteiger charge is 2.32. The molecule has 15 rings (SSSR count). The maximum atomic E-state index is 2.67. The molecule has 1 aliphatic carbocycles. The summed E-state index contributed by atoms with van der Waals surface area (Å²) in [6.07, 6.45) is 8.22. The molecule has 0 spiro atoms. The molecule has 0 N–H and O–H groups in total. The van der Waals surface area contributed by atoms with Gasteiger partial charge in [0.2, 0.25) is 0 Å². The Bertz CT molecular complexity index is 4980. The fourth-order valence-corrected chi connectivity index (χ4v) is 13.9. The average Bonchev–Trinajstić information content (AvgIpc) is 1.50. The molecule has 428 valence electrons. The molecule has 2 heterocycles. The van der Waals surface area contributed by atoms with Crippen LogP contribution in [-0.4, -0.2) is 9.13 Å². The topological polar surface area (TPSA) is 16.3 Å². The molecule has 0 radical (unpaired) electrons. The number of hydrogen-bond acceptors (Lipinski definition) is 2. The molecule has 1 aliphatic rings. The van der Waals surface area contributed by atoms with E-state index in [4.69, 9.17) is 0 Å². The van der Waals surface area contributed by atoms with Gasteiger partial charge >= 0.3 is 0 Å². The van der Waals surface area contributed by atoms with E-state index < -0.39 is 0 Å². The number of nitrogens with zero attached hydrogens (tertiary/aromatic N) is 4. The Morgan fingerprint density at radius 1 is 0.352 bits per heavy atom. The highest BCUT2D eigenvalue weighted by atomic mass is 15.2. The van der Waals surface area contributed by atoms with Gasteiger partial charge < -0.3 is 18.9 Å². The molecular formula is C84H72N4. The third-order valence-corrected chi connectivity index (χ3v) is 19.6. The Balaban J connectivity index is 1.06. The first-order valence-electron chi connectivity index (χ1n) is 31.5. The molecule has 0 saturated carbocycles. The molecular weight excluding hydrogens is 1060 g/mol. The van der Waals surface area contributed by atoms with Crippen molar-refractivity contribution in [1.82, 2.24) is 9.13 Å². The summed E-state index contributed by atoms with van der Waals surface area (Å²) in [4.78, 5) is 5.19. The number of anilines is 6. The molecule has 88 heavy (non-hydrogen) atoms. The largest absolute Gasteiger partial charge is 0.309 e. The van der Waals surface area contributed by atoms with E-state index in [9.17, 15) is 0 Å². The van der Waals surface area contributed by atoms with Crippen molar-refractivity contribution >= 4 is 101 Å². The molecule has 0 bridgehead atoms. The quantitative estimate of drug-likeness (QED) is 0.101. The van der Waals surface area contributed by atoms with Crippen LogP contribution in [0.1, 0.15) is 66.4 Å². The predicted octanol–water partition coefficient (Wildman–Crippen LogP) is 22.0. The van der Waals surface area contributed by atoms with Crippen LogP contribution < -0.4 is 20.2 Å². The highest BCUT2D eigenvalue weighted by Crippen LogP contribution is 2.47. The van der Waals surface area contributed by atoms with Crippen LogP contribution >= 0.6 is 0 Å². The van der Waals surface area contributed by atoms with Crippen molar-refractivity contribution in [2.45, 2.75) is 66.2 Å². The highest BCUT2D eigenvalue weighted by molar-refractivity contribution is 6.12. The van der Waals surface area contributed by atoms with Gasteiger partial charge in [-0.2, -0.15) is 0 Å². The van der Waals surface area contributed by atoms with E-state index in [1.54, 1.807) is 0 Å². The van der Waals surface area contributed by atoms with Gasteiger partial charge in [-0.1, -0.05) is 242 Å². The van der Waals surface area contributed by atoms with Gasteiger partial charge in [0.25, 0.3) is 0 Å². The molecule has 1 atom stereocenters. The number of aromatic nitrogens is 2. The fraction of sp³-hybridized carbons (Fsp3) is 0.143. The second kappa shape index (κ2) is 22.0. The fourth-order valence-electron chi connectivity index (χ4n) is 13.9. The molecule has 1 unspecified atom stereocenters. The maximum Gasteiger partial charge on any atom is 0.0616 e. The summed E-state index contributed by atoms with van der Waals surface area (Å²) in [6.45, 7) is 14.4. The standard InChI is InChI=1S/C84H72N4/c1-7-83(3,4)61-45-51-73-75(53-61)81(85(63-47-41-59(42-48-63)57-25-11-9-12-26-57)65-29-23-31-67(55-65)87-77-37-19-15-33-69(77)70-34-16-20-38-78(70)87)74-52-46-62(84(5,6)8-2)54-76(74)82(73)86(64-49-43-60(44-50-64)58-27-13-10-14-28-58)66-30-24-32-68(56-66)88-79-39-21-17-35-71(79)72-36-18-22-40-80(72)88/h9-45,47-56,62H,7-8,46H2,1-6H3. The van der Waals surface area contributed by atoms with Crippen LogP contribution in [0.2, 0.25) is 0 Å². The molecule has 0 saturated heterocycles. The van der Waals surface area contributed by atoms with E-state index in [0.29, 0.717) is 0 Å². The summed E-state index contributed by atoms with van der Waals surface area (Å²) in [6, 6.07) is 102. The normalized spacial score (nSPS) is 13.5. The summed E-state index contributed by atoms with van der Waals surface area (Å²) in [5.74, 6) is 0.260. The number of benzene rings is 12. The summed E-state index contributed by atoms with van der Waals surface area (Å²) in [5.41, 5.74) is 19.6. The van der Waals surface area contributed by atoms with E-state index in [2.05, 4.69) is 346 Å². The predicted molar refractivity (Wildman–Crippen MR) is 377 cm³/mol. The van der Waals surface area contributed by atoms with Crippen LogP contribution in [-0.2, 0) is 5.41 Å². The summed E-state index contributed by atoms with van der Waals surface area (Å²) in [7, 11) is 0. The summed E-state index contributed by atoms with van der Waals surface area (Å²) < 4.78 is 4.91. The van der Waals surface area contributed by atoms with Gasteiger partial charge in [0.15, 0.2) is 0 Å². The molecule has 12 aromatic carbocycles.